The van der Waals surface area contributed by atoms with E-state index in [2.05, 4.69) is 5.32 Å². The van der Waals surface area contributed by atoms with E-state index in [1.807, 2.05) is 80.6 Å². The van der Waals surface area contributed by atoms with E-state index in [-0.39, 0.29) is 30.2 Å². The predicted molar refractivity (Wildman–Crippen MR) is 152 cm³/mol. The highest BCUT2D eigenvalue weighted by atomic mass is 32.2. The molecular weight excluding hydrogens is 496 g/mol. The number of aryl methyl sites for hydroxylation is 2. The molecule has 4 aromatic rings. The SMILES string of the molecule is Cc1ccc(NC(=O)COc2cccc(/C=C3\SC(=O)N(Cc4cccc5ccccc45)C3=O)c2)c(C)c1. The number of imide groups is 1. The lowest BCUT2D eigenvalue weighted by molar-refractivity contribution is -0.123. The van der Waals surface area contributed by atoms with Gasteiger partial charge in [0.2, 0.25) is 0 Å². The van der Waals surface area contributed by atoms with E-state index in [0.717, 1.165) is 44.9 Å². The van der Waals surface area contributed by atoms with E-state index >= 15 is 0 Å². The third-order valence-electron chi connectivity index (χ3n) is 6.26. The van der Waals surface area contributed by atoms with Crippen molar-refractivity contribution in [3.05, 3.63) is 112 Å². The zero-order chi connectivity index (χ0) is 26.6. The van der Waals surface area contributed by atoms with Crippen LogP contribution in [0.1, 0.15) is 22.3 Å². The fourth-order valence-corrected chi connectivity index (χ4v) is 5.21. The van der Waals surface area contributed by atoms with Crippen molar-refractivity contribution in [3.8, 4) is 5.75 Å². The fraction of sp³-hybridized carbons (Fsp3) is 0.129. The highest BCUT2D eigenvalue weighted by molar-refractivity contribution is 8.18. The molecule has 4 aromatic carbocycles. The van der Waals surface area contributed by atoms with Crippen molar-refractivity contribution < 1.29 is 19.1 Å². The lowest BCUT2D eigenvalue weighted by Crippen LogP contribution is -2.27. The van der Waals surface area contributed by atoms with Crippen LogP contribution in [0.2, 0.25) is 0 Å². The van der Waals surface area contributed by atoms with Gasteiger partial charge in [-0.1, -0.05) is 72.3 Å². The Labute approximate surface area is 225 Å². The Kier molecular flexibility index (Phi) is 7.29. The van der Waals surface area contributed by atoms with Gasteiger partial charge < -0.3 is 10.1 Å². The van der Waals surface area contributed by atoms with E-state index in [1.54, 1.807) is 24.3 Å². The number of carbonyl (C=O) groups excluding carboxylic acids is 3. The van der Waals surface area contributed by atoms with Crippen molar-refractivity contribution in [1.82, 2.24) is 4.90 Å². The highest BCUT2D eigenvalue weighted by Gasteiger charge is 2.35. The van der Waals surface area contributed by atoms with Crippen molar-refractivity contribution in [1.29, 1.82) is 0 Å². The van der Waals surface area contributed by atoms with E-state index in [9.17, 15) is 14.4 Å². The van der Waals surface area contributed by atoms with E-state index in [1.165, 1.54) is 4.90 Å². The number of nitrogens with zero attached hydrogens (tertiary/aromatic N) is 1. The number of anilines is 1. The standard InChI is InChI=1S/C31H26N2O4S/c1-20-13-14-27(21(2)15-20)32-29(34)19-37-25-11-5-7-22(16-25)17-28-30(35)33(31(36)38-28)18-24-10-6-9-23-8-3-4-12-26(23)24/h3-17H,18-19H2,1-2H3,(H,32,34)/b28-17-. The second-order valence-corrected chi connectivity index (χ2v) is 10.1. The topological polar surface area (TPSA) is 75.7 Å². The van der Waals surface area contributed by atoms with Crippen LogP contribution in [-0.2, 0) is 16.1 Å². The summed E-state index contributed by atoms with van der Waals surface area (Å²) < 4.78 is 5.69. The van der Waals surface area contributed by atoms with Crippen LogP contribution < -0.4 is 10.1 Å². The normalized spacial score (nSPS) is 14.4. The van der Waals surface area contributed by atoms with Crippen LogP contribution >= 0.6 is 11.8 Å². The number of hydrogen-bond donors (Lipinski definition) is 1. The molecule has 0 saturated carbocycles. The minimum atomic E-state index is -0.327. The van der Waals surface area contributed by atoms with Crippen LogP contribution in [-0.4, -0.2) is 28.6 Å². The molecular formula is C31H26N2O4S. The van der Waals surface area contributed by atoms with Crippen LogP contribution in [0.25, 0.3) is 16.8 Å². The Morgan fingerprint density at radius 3 is 2.58 bits per heavy atom. The summed E-state index contributed by atoms with van der Waals surface area (Å²) in [5.74, 6) is -0.103. The number of amides is 3. The second kappa shape index (κ2) is 10.9. The first kappa shape index (κ1) is 25.3. The first-order valence-electron chi connectivity index (χ1n) is 12.2. The number of thioether (sulfide) groups is 1. The monoisotopic (exact) mass is 522 g/mol. The number of rotatable bonds is 7. The third-order valence-corrected chi connectivity index (χ3v) is 7.17. The lowest BCUT2D eigenvalue weighted by Gasteiger charge is -2.14. The van der Waals surface area contributed by atoms with Crippen molar-refractivity contribution in [3.63, 3.8) is 0 Å². The first-order chi connectivity index (χ1) is 18.4. The lowest BCUT2D eigenvalue weighted by atomic mass is 10.0. The molecule has 3 amide bonds. The van der Waals surface area contributed by atoms with Crippen LogP contribution in [0.15, 0.2) is 89.8 Å². The molecule has 0 radical (unpaired) electrons. The molecule has 0 aromatic heterocycles. The summed E-state index contributed by atoms with van der Waals surface area (Å²) in [6.45, 7) is 4.00. The minimum Gasteiger partial charge on any atom is -0.484 e. The van der Waals surface area contributed by atoms with Crippen LogP contribution in [0, 0.1) is 13.8 Å². The van der Waals surface area contributed by atoms with Gasteiger partial charge in [0.15, 0.2) is 6.61 Å². The molecule has 0 unspecified atom stereocenters. The van der Waals surface area contributed by atoms with E-state index in [4.69, 9.17) is 4.74 Å². The fourth-order valence-electron chi connectivity index (χ4n) is 4.37. The molecule has 0 aliphatic carbocycles. The summed E-state index contributed by atoms with van der Waals surface area (Å²) in [5.41, 5.74) is 4.47. The Hall–Kier alpha value is -4.36. The van der Waals surface area contributed by atoms with Gasteiger partial charge in [0.25, 0.3) is 17.1 Å². The zero-order valence-corrected chi connectivity index (χ0v) is 21.9. The quantitative estimate of drug-likeness (QED) is 0.273. The smallest absolute Gasteiger partial charge is 0.293 e. The average Bonchev–Trinajstić information content (AvgIpc) is 3.17. The van der Waals surface area contributed by atoms with Crippen LogP contribution in [0.3, 0.4) is 0 Å². The molecule has 0 atom stereocenters. The van der Waals surface area contributed by atoms with Crippen molar-refractivity contribution >= 4 is 51.4 Å². The number of benzene rings is 4. The molecule has 7 heteroatoms. The molecule has 1 aliphatic heterocycles. The largest absolute Gasteiger partial charge is 0.484 e. The maximum atomic E-state index is 13.1. The summed E-state index contributed by atoms with van der Waals surface area (Å²) in [7, 11) is 0. The average molecular weight is 523 g/mol. The van der Waals surface area contributed by atoms with Gasteiger partial charge in [-0.15, -0.1) is 0 Å². The Balaban J connectivity index is 1.25. The van der Waals surface area contributed by atoms with Gasteiger partial charge >= 0.3 is 0 Å². The van der Waals surface area contributed by atoms with Gasteiger partial charge in [-0.3, -0.25) is 19.3 Å². The maximum absolute atomic E-state index is 13.1. The molecule has 1 saturated heterocycles. The summed E-state index contributed by atoms with van der Waals surface area (Å²) in [5, 5.41) is 4.64. The molecule has 38 heavy (non-hydrogen) atoms. The summed E-state index contributed by atoms with van der Waals surface area (Å²) >= 11 is 0.923. The number of ether oxygens (including phenoxy) is 1. The Morgan fingerprint density at radius 2 is 1.74 bits per heavy atom. The molecule has 1 N–H and O–H groups in total. The second-order valence-electron chi connectivity index (χ2n) is 9.13. The molecule has 5 rings (SSSR count). The molecule has 1 heterocycles. The summed E-state index contributed by atoms with van der Waals surface area (Å²) in [6, 6.07) is 26.7. The molecule has 1 fully saturated rings. The van der Waals surface area contributed by atoms with Gasteiger partial charge in [0.05, 0.1) is 11.4 Å². The van der Waals surface area contributed by atoms with Crippen molar-refractivity contribution in [2.45, 2.75) is 20.4 Å². The molecule has 0 bridgehead atoms. The van der Waals surface area contributed by atoms with Crippen molar-refractivity contribution in [2.75, 3.05) is 11.9 Å². The molecule has 6 nitrogen and oxygen atoms in total. The number of fused-ring (bicyclic) bond motifs is 1. The van der Waals surface area contributed by atoms with E-state index in [0.29, 0.717) is 16.2 Å². The number of nitrogens with one attached hydrogen (secondary N) is 1. The third kappa shape index (κ3) is 5.63. The molecule has 190 valence electrons. The van der Waals surface area contributed by atoms with E-state index < -0.39 is 0 Å². The Bertz CT molecular complexity index is 1590. The zero-order valence-electron chi connectivity index (χ0n) is 21.1. The molecule has 0 spiro atoms. The molecule has 1 aliphatic rings. The van der Waals surface area contributed by atoms with Gasteiger partial charge in [-0.2, -0.15) is 0 Å². The van der Waals surface area contributed by atoms with Crippen molar-refractivity contribution in [2.24, 2.45) is 0 Å². The van der Waals surface area contributed by atoms with Gasteiger partial charge in [0.1, 0.15) is 5.75 Å². The van der Waals surface area contributed by atoms with Gasteiger partial charge in [-0.25, -0.2) is 0 Å². The predicted octanol–water partition coefficient (Wildman–Crippen LogP) is 6.71. The first-order valence-corrected chi connectivity index (χ1v) is 13.0. The maximum Gasteiger partial charge on any atom is 0.293 e. The van der Waals surface area contributed by atoms with Crippen LogP contribution in [0.5, 0.6) is 5.75 Å². The van der Waals surface area contributed by atoms with Crippen LogP contribution in [0.4, 0.5) is 10.5 Å². The summed E-state index contributed by atoms with van der Waals surface area (Å²) in [4.78, 5) is 39.9. The Morgan fingerprint density at radius 1 is 0.947 bits per heavy atom. The van der Waals surface area contributed by atoms with Gasteiger partial charge in [0, 0.05) is 5.69 Å². The minimum absolute atomic E-state index is 0.154. The number of carbonyl (C=O) groups is 3. The number of hydrogen-bond acceptors (Lipinski definition) is 5. The highest BCUT2D eigenvalue weighted by Crippen LogP contribution is 2.34. The summed E-state index contributed by atoms with van der Waals surface area (Å²) in [6.07, 6.45) is 1.68. The van der Waals surface area contributed by atoms with Gasteiger partial charge in [-0.05, 0) is 77.3 Å².